The molecule has 0 aliphatic heterocycles. The SMILES string of the molecule is COC(=O)c1ccccc1Nc1cncc(C(=O)Nc2cccc(C)c2C)c1. The molecule has 2 aromatic carbocycles. The molecule has 1 aromatic heterocycles. The summed E-state index contributed by atoms with van der Waals surface area (Å²) in [6.45, 7) is 3.96. The summed E-state index contributed by atoms with van der Waals surface area (Å²) in [5.74, 6) is -0.703. The summed E-state index contributed by atoms with van der Waals surface area (Å²) in [7, 11) is 1.33. The number of esters is 1. The second kappa shape index (κ2) is 8.35. The van der Waals surface area contributed by atoms with Crippen molar-refractivity contribution >= 4 is 28.9 Å². The fraction of sp³-hybridized carbons (Fsp3) is 0.136. The lowest BCUT2D eigenvalue weighted by molar-refractivity contribution is 0.0601. The zero-order valence-corrected chi connectivity index (χ0v) is 15.9. The number of amides is 1. The smallest absolute Gasteiger partial charge is 0.339 e. The molecular weight excluding hydrogens is 354 g/mol. The monoisotopic (exact) mass is 375 g/mol. The third-order valence-electron chi connectivity index (χ3n) is 4.46. The minimum atomic E-state index is -0.445. The number of rotatable bonds is 5. The topological polar surface area (TPSA) is 80.3 Å². The van der Waals surface area contributed by atoms with Crippen LogP contribution >= 0.6 is 0 Å². The molecule has 0 saturated carbocycles. The standard InChI is InChI=1S/C22H21N3O3/c1-14-7-6-10-19(15(14)2)25-21(26)16-11-17(13-23-12-16)24-20-9-5-4-8-18(20)22(27)28-3/h4-13,24H,1-3H3,(H,25,26). The molecule has 6 nitrogen and oxygen atoms in total. The van der Waals surface area contributed by atoms with Crippen molar-refractivity contribution in [2.75, 3.05) is 17.7 Å². The fourth-order valence-corrected chi connectivity index (χ4v) is 2.75. The summed E-state index contributed by atoms with van der Waals surface area (Å²) in [6.07, 6.45) is 3.08. The molecule has 0 spiro atoms. The van der Waals surface area contributed by atoms with Crippen molar-refractivity contribution < 1.29 is 14.3 Å². The van der Waals surface area contributed by atoms with Gasteiger partial charge >= 0.3 is 5.97 Å². The Bertz CT molecular complexity index is 1030. The van der Waals surface area contributed by atoms with Crippen LogP contribution in [0.15, 0.2) is 60.9 Å². The summed E-state index contributed by atoms with van der Waals surface area (Å²) >= 11 is 0. The number of nitrogens with zero attached hydrogens (tertiary/aromatic N) is 1. The second-order valence-corrected chi connectivity index (χ2v) is 6.33. The van der Waals surface area contributed by atoms with Gasteiger partial charge in [0.15, 0.2) is 0 Å². The molecule has 2 N–H and O–H groups in total. The highest BCUT2D eigenvalue weighted by Crippen LogP contribution is 2.23. The lowest BCUT2D eigenvalue weighted by atomic mass is 10.1. The summed E-state index contributed by atoms with van der Waals surface area (Å²) in [4.78, 5) is 28.7. The Kier molecular flexibility index (Phi) is 5.69. The van der Waals surface area contributed by atoms with Gasteiger partial charge < -0.3 is 15.4 Å². The number of para-hydroxylation sites is 1. The number of pyridine rings is 1. The predicted molar refractivity (Wildman–Crippen MR) is 109 cm³/mol. The van der Waals surface area contributed by atoms with Crippen LogP contribution in [0, 0.1) is 13.8 Å². The van der Waals surface area contributed by atoms with Gasteiger partial charge in [0.2, 0.25) is 0 Å². The van der Waals surface area contributed by atoms with E-state index in [4.69, 9.17) is 4.74 Å². The van der Waals surface area contributed by atoms with Gasteiger partial charge in [0, 0.05) is 11.9 Å². The maximum absolute atomic E-state index is 12.7. The number of methoxy groups -OCH3 is 1. The largest absolute Gasteiger partial charge is 0.465 e. The van der Waals surface area contributed by atoms with Crippen LogP contribution in [0.1, 0.15) is 31.8 Å². The molecule has 0 aliphatic rings. The maximum Gasteiger partial charge on any atom is 0.339 e. The highest BCUT2D eigenvalue weighted by atomic mass is 16.5. The maximum atomic E-state index is 12.7. The van der Waals surface area contributed by atoms with Gasteiger partial charge in [-0.2, -0.15) is 0 Å². The van der Waals surface area contributed by atoms with Crippen molar-refractivity contribution in [2.45, 2.75) is 13.8 Å². The quantitative estimate of drug-likeness (QED) is 0.643. The number of carbonyl (C=O) groups is 2. The molecule has 0 fully saturated rings. The molecule has 1 amide bonds. The number of anilines is 3. The predicted octanol–water partition coefficient (Wildman–Crippen LogP) is 4.48. The first-order valence-corrected chi connectivity index (χ1v) is 8.76. The second-order valence-electron chi connectivity index (χ2n) is 6.33. The Balaban J connectivity index is 1.82. The van der Waals surface area contributed by atoms with Crippen molar-refractivity contribution in [2.24, 2.45) is 0 Å². The first-order valence-electron chi connectivity index (χ1n) is 8.76. The highest BCUT2D eigenvalue weighted by molar-refractivity contribution is 6.05. The van der Waals surface area contributed by atoms with Gasteiger partial charge in [-0.25, -0.2) is 4.79 Å². The Hall–Kier alpha value is -3.67. The van der Waals surface area contributed by atoms with E-state index < -0.39 is 5.97 Å². The van der Waals surface area contributed by atoms with E-state index in [1.165, 1.54) is 13.3 Å². The normalized spacial score (nSPS) is 10.2. The van der Waals surface area contributed by atoms with Gasteiger partial charge in [0.25, 0.3) is 5.91 Å². The van der Waals surface area contributed by atoms with E-state index in [9.17, 15) is 9.59 Å². The first kappa shape index (κ1) is 19.1. The molecule has 0 saturated heterocycles. The van der Waals surface area contributed by atoms with Gasteiger partial charge in [0.05, 0.1) is 35.8 Å². The van der Waals surface area contributed by atoms with E-state index in [2.05, 4.69) is 15.6 Å². The molecule has 3 rings (SSSR count). The number of carbonyl (C=O) groups excluding carboxylic acids is 2. The number of aromatic nitrogens is 1. The van der Waals surface area contributed by atoms with Crippen LogP contribution in [0.4, 0.5) is 17.1 Å². The van der Waals surface area contributed by atoms with Gasteiger partial charge in [-0.05, 0) is 49.2 Å². The number of nitrogens with one attached hydrogen (secondary N) is 2. The number of hydrogen-bond acceptors (Lipinski definition) is 5. The van der Waals surface area contributed by atoms with E-state index in [0.717, 1.165) is 16.8 Å². The summed E-state index contributed by atoms with van der Waals surface area (Å²) in [5.41, 5.74) is 4.85. The Morgan fingerprint density at radius 2 is 1.71 bits per heavy atom. The molecule has 0 atom stereocenters. The highest BCUT2D eigenvalue weighted by Gasteiger charge is 2.13. The molecule has 3 aromatic rings. The van der Waals surface area contributed by atoms with Crippen molar-refractivity contribution in [1.29, 1.82) is 0 Å². The lowest BCUT2D eigenvalue weighted by Crippen LogP contribution is -2.14. The van der Waals surface area contributed by atoms with Crippen molar-refractivity contribution in [3.05, 3.63) is 83.2 Å². The van der Waals surface area contributed by atoms with Crippen LogP contribution in [0.5, 0.6) is 0 Å². The van der Waals surface area contributed by atoms with E-state index in [1.54, 1.807) is 36.5 Å². The van der Waals surface area contributed by atoms with Crippen LogP contribution < -0.4 is 10.6 Å². The van der Waals surface area contributed by atoms with Crippen LogP contribution in [0.3, 0.4) is 0 Å². The van der Waals surface area contributed by atoms with Crippen molar-refractivity contribution in [3.8, 4) is 0 Å². The van der Waals surface area contributed by atoms with Crippen LogP contribution in [-0.4, -0.2) is 24.0 Å². The molecule has 0 aliphatic carbocycles. The zero-order valence-electron chi connectivity index (χ0n) is 15.9. The lowest BCUT2D eigenvalue weighted by Gasteiger charge is -2.12. The Morgan fingerprint density at radius 3 is 2.50 bits per heavy atom. The molecule has 28 heavy (non-hydrogen) atoms. The average molecular weight is 375 g/mol. The average Bonchev–Trinajstić information content (AvgIpc) is 2.71. The van der Waals surface area contributed by atoms with Gasteiger partial charge in [-0.1, -0.05) is 24.3 Å². The Morgan fingerprint density at radius 1 is 0.964 bits per heavy atom. The van der Waals surface area contributed by atoms with Crippen molar-refractivity contribution in [3.63, 3.8) is 0 Å². The number of benzene rings is 2. The van der Waals surface area contributed by atoms with E-state index >= 15 is 0 Å². The summed E-state index contributed by atoms with van der Waals surface area (Å²) < 4.78 is 4.81. The van der Waals surface area contributed by atoms with Gasteiger partial charge in [-0.15, -0.1) is 0 Å². The number of aryl methyl sites for hydroxylation is 1. The zero-order chi connectivity index (χ0) is 20.1. The molecule has 0 radical (unpaired) electrons. The minimum absolute atomic E-state index is 0.258. The molecule has 0 unspecified atom stereocenters. The van der Waals surface area contributed by atoms with Gasteiger partial charge in [-0.3, -0.25) is 9.78 Å². The fourth-order valence-electron chi connectivity index (χ4n) is 2.75. The molecule has 6 heteroatoms. The molecular formula is C22H21N3O3. The molecule has 0 bridgehead atoms. The third kappa shape index (κ3) is 4.17. The van der Waals surface area contributed by atoms with E-state index in [-0.39, 0.29) is 5.91 Å². The minimum Gasteiger partial charge on any atom is -0.465 e. The Labute approximate surface area is 163 Å². The van der Waals surface area contributed by atoms with Gasteiger partial charge in [0.1, 0.15) is 0 Å². The van der Waals surface area contributed by atoms with Crippen LogP contribution in [0.2, 0.25) is 0 Å². The number of ether oxygens (including phenoxy) is 1. The molecule has 142 valence electrons. The summed E-state index contributed by atoms with van der Waals surface area (Å²) in [5, 5.41) is 6.04. The first-order chi connectivity index (χ1) is 13.5. The van der Waals surface area contributed by atoms with Crippen LogP contribution in [-0.2, 0) is 4.74 Å². The van der Waals surface area contributed by atoms with E-state index in [1.807, 2.05) is 32.0 Å². The van der Waals surface area contributed by atoms with Crippen molar-refractivity contribution in [1.82, 2.24) is 4.98 Å². The molecule has 1 heterocycles. The van der Waals surface area contributed by atoms with Crippen LogP contribution in [0.25, 0.3) is 0 Å². The number of hydrogen-bond donors (Lipinski definition) is 2. The summed E-state index contributed by atoms with van der Waals surface area (Å²) in [6, 6.07) is 14.4. The van der Waals surface area contributed by atoms with E-state index in [0.29, 0.717) is 22.5 Å². The third-order valence-corrected chi connectivity index (χ3v) is 4.46.